The lowest BCUT2D eigenvalue weighted by Gasteiger charge is -2.14. The molecule has 1 amide bonds. The van der Waals surface area contributed by atoms with Crippen LogP contribution in [0.4, 0.5) is 15.9 Å². The summed E-state index contributed by atoms with van der Waals surface area (Å²) in [6.07, 6.45) is 0. The van der Waals surface area contributed by atoms with E-state index in [9.17, 15) is 9.18 Å². The molecule has 20 heavy (non-hydrogen) atoms. The van der Waals surface area contributed by atoms with Gasteiger partial charge in [0.25, 0.3) is 5.91 Å². The molecule has 0 unspecified atom stereocenters. The van der Waals surface area contributed by atoms with E-state index >= 15 is 0 Å². The number of aromatic amines is 1. The zero-order valence-electron chi connectivity index (χ0n) is 11.6. The predicted octanol–water partition coefficient (Wildman–Crippen LogP) is 2.68. The van der Waals surface area contributed by atoms with Crippen LogP contribution in [-0.4, -0.2) is 16.1 Å². The number of anilines is 2. The number of nitrogens with two attached hydrogens (primary N) is 1. The van der Waals surface area contributed by atoms with Crippen molar-refractivity contribution >= 4 is 17.4 Å². The highest BCUT2D eigenvalue weighted by Crippen LogP contribution is 2.22. The van der Waals surface area contributed by atoms with Crippen LogP contribution in [0.1, 0.15) is 36.8 Å². The fraction of sp³-hybridized carbons (Fsp3) is 0.286. The molecule has 5 nitrogen and oxygen atoms in total. The van der Waals surface area contributed by atoms with Crippen LogP contribution < -0.4 is 11.1 Å². The summed E-state index contributed by atoms with van der Waals surface area (Å²) < 4.78 is 13.0. The van der Waals surface area contributed by atoms with E-state index in [2.05, 4.69) is 15.5 Å². The zero-order valence-corrected chi connectivity index (χ0v) is 11.6. The van der Waals surface area contributed by atoms with Crippen molar-refractivity contribution in [2.45, 2.75) is 26.2 Å². The number of nitrogens with one attached hydrogen (secondary N) is 2. The standard InChI is InChI=1S/C14H17FN4O/c1-14(2,3)11-7-12(19-18-11)17-13(20)8-4-5-9(15)10(16)6-8/h4-7H,16H2,1-3H3,(H2,17,18,19,20). The lowest BCUT2D eigenvalue weighted by atomic mass is 9.92. The summed E-state index contributed by atoms with van der Waals surface area (Å²) in [5.74, 6) is -0.511. The van der Waals surface area contributed by atoms with Crippen LogP contribution in [0.3, 0.4) is 0 Å². The van der Waals surface area contributed by atoms with Crippen molar-refractivity contribution in [2.24, 2.45) is 0 Å². The molecule has 0 atom stereocenters. The second-order valence-corrected chi connectivity index (χ2v) is 5.61. The first kappa shape index (κ1) is 14.0. The lowest BCUT2D eigenvalue weighted by Crippen LogP contribution is -2.13. The SMILES string of the molecule is CC(C)(C)c1cc(NC(=O)c2ccc(F)c(N)c2)n[nH]1. The number of carbonyl (C=O) groups excluding carboxylic acids is 1. The Morgan fingerprint density at radius 1 is 1.35 bits per heavy atom. The van der Waals surface area contributed by atoms with Gasteiger partial charge in [-0.25, -0.2) is 4.39 Å². The summed E-state index contributed by atoms with van der Waals surface area (Å²) in [7, 11) is 0. The topological polar surface area (TPSA) is 83.8 Å². The Labute approximate surface area is 116 Å². The fourth-order valence-corrected chi connectivity index (χ4v) is 1.64. The number of hydrogen-bond acceptors (Lipinski definition) is 3. The Morgan fingerprint density at radius 2 is 2.05 bits per heavy atom. The van der Waals surface area contributed by atoms with Crippen molar-refractivity contribution in [1.82, 2.24) is 10.2 Å². The molecule has 0 aliphatic heterocycles. The van der Waals surface area contributed by atoms with E-state index in [0.29, 0.717) is 5.82 Å². The Hall–Kier alpha value is -2.37. The van der Waals surface area contributed by atoms with Gasteiger partial charge in [-0.05, 0) is 18.2 Å². The number of H-pyrrole nitrogens is 1. The molecule has 0 fully saturated rings. The Balaban J connectivity index is 2.15. The number of nitrogens with zero attached hydrogens (tertiary/aromatic N) is 1. The number of aromatic nitrogens is 2. The number of amides is 1. The number of rotatable bonds is 2. The normalized spacial score (nSPS) is 11.4. The third kappa shape index (κ3) is 2.96. The first-order chi connectivity index (χ1) is 9.27. The third-order valence-electron chi connectivity index (χ3n) is 2.89. The number of hydrogen-bond donors (Lipinski definition) is 3. The molecule has 1 aromatic heterocycles. The molecule has 1 heterocycles. The van der Waals surface area contributed by atoms with Gasteiger partial charge in [0.2, 0.25) is 0 Å². The van der Waals surface area contributed by atoms with Gasteiger partial charge in [-0.3, -0.25) is 9.89 Å². The molecule has 0 aliphatic carbocycles. The largest absolute Gasteiger partial charge is 0.396 e. The highest BCUT2D eigenvalue weighted by molar-refractivity contribution is 6.04. The molecule has 4 N–H and O–H groups in total. The maximum atomic E-state index is 13.0. The van der Waals surface area contributed by atoms with Gasteiger partial charge in [0, 0.05) is 22.7 Å². The van der Waals surface area contributed by atoms with Crippen LogP contribution in [-0.2, 0) is 5.41 Å². The van der Waals surface area contributed by atoms with Gasteiger partial charge in [0.15, 0.2) is 5.82 Å². The molecular weight excluding hydrogens is 259 g/mol. The van der Waals surface area contributed by atoms with Gasteiger partial charge in [0.05, 0.1) is 5.69 Å². The van der Waals surface area contributed by atoms with Gasteiger partial charge in [-0.2, -0.15) is 5.10 Å². The summed E-state index contributed by atoms with van der Waals surface area (Å²) in [4.78, 5) is 12.0. The smallest absolute Gasteiger partial charge is 0.256 e. The molecule has 1 aromatic carbocycles. The molecular formula is C14H17FN4O. The van der Waals surface area contributed by atoms with Crippen LogP contribution in [0.2, 0.25) is 0 Å². The van der Waals surface area contributed by atoms with Crippen molar-refractivity contribution in [3.63, 3.8) is 0 Å². The molecule has 0 saturated heterocycles. The van der Waals surface area contributed by atoms with Gasteiger partial charge in [0.1, 0.15) is 5.82 Å². The van der Waals surface area contributed by atoms with Crippen LogP contribution in [0.15, 0.2) is 24.3 Å². The molecule has 0 radical (unpaired) electrons. The van der Waals surface area contributed by atoms with Gasteiger partial charge in [-0.15, -0.1) is 0 Å². The average Bonchev–Trinajstić information content (AvgIpc) is 2.81. The minimum Gasteiger partial charge on any atom is -0.396 e. The van der Waals surface area contributed by atoms with Crippen molar-refractivity contribution < 1.29 is 9.18 Å². The van der Waals surface area contributed by atoms with Crippen LogP contribution in [0.25, 0.3) is 0 Å². The zero-order chi connectivity index (χ0) is 14.9. The van der Waals surface area contributed by atoms with Crippen LogP contribution in [0.5, 0.6) is 0 Å². The quantitative estimate of drug-likeness (QED) is 0.737. The molecule has 0 aliphatic rings. The minimum absolute atomic E-state index is 0.0601. The van der Waals surface area contributed by atoms with Crippen molar-refractivity contribution in [2.75, 3.05) is 11.1 Å². The van der Waals surface area contributed by atoms with E-state index in [1.807, 2.05) is 20.8 Å². The van der Waals surface area contributed by atoms with Crippen molar-refractivity contribution in [1.29, 1.82) is 0 Å². The lowest BCUT2D eigenvalue weighted by molar-refractivity contribution is 0.102. The molecule has 2 aromatic rings. The number of halogens is 1. The first-order valence-corrected chi connectivity index (χ1v) is 6.19. The highest BCUT2D eigenvalue weighted by atomic mass is 19.1. The summed E-state index contributed by atoms with van der Waals surface area (Å²) in [6, 6.07) is 5.60. The van der Waals surface area contributed by atoms with Crippen LogP contribution >= 0.6 is 0 Å². The monoisotopic (exact) mass is 276 g/mol. The van der Waals surface area contributed by atoms with E-state index in [1.54, 1.807) is 6.07 Å². The summed E-state index contributed by atoms with van der Waals surface area (Å²) in [5, 5.41) is 9.54. The molecule has 6 heteroatoms. The van der Waals surface area contributed by atoms with Crippen molar-refractivity contribution in [3.8, 4) is 0 Å². The Kier molecular flexibility index (Phi) is 3.48. The van der Waals surface area contributed by atoms with Gasteiger partial charge >= 0.3 is 0 Å². The molecule has 0 spiro atoms. The summed E-state index contributed by atoms with van der Waals surface area (Å²) in [5.41, 5.74) is 6.48. The second kappa shape index (κ2) is 4.96. The minimum atomic E-state index is -0.545. The predicted molar refractivity (Wildman–Crippen MR) is 76.1 cm³/mol. The third-order valence-corrected chi connectivity index (χ3v) is 2.89. The first-order valence-electron chi connectivity index (χ1n) is 6.19. The number of nitrogen functional groups attached to an aromatic ring is 1. The van der Waals surface area contributed by atoms with Crippen LogP contribution in [0, 0.1) is 5.82 Å². The maximum absolute atomic E-state index is 13.0. The van der Waals surface area contributed by atoms with Crippen molar-refractivity contribution in [3.05, 3.63) is 41.3 Å². The van der Waals surface area contributed by atoms with E-state index in [4.69, 9.17) is 5.73 Å². The molecule has 2 rings (SSSR count). The van der Waals surface area contributed by atoms with E-state index in [0.717, 1.165) is 11.8 Å². The van der Waals surface area contributed by atoms with E-state index in [1.165, 1.54) is 12.1 Å². The average molecular weight is 276 g/mol. The maximum Gasteiger partial charge on any atom is 0.256 e. The van der Waals surface area contributed by atoms with E-state index < -0.39 is 5.82 Å². The Morgan fingerprint density at radius 3 is 2.60 bits per heavy atom. The summed E-state index contributed by atoms with van der Waals surface area (Å²) in [6.45, 7) is 6.10. The molecule has 0 bridgehead atoms. The molecule has 0 saturated carbocycles. The highest BCUT2D eigenvalue weighted by Gasteiger charge is 2.17. The Bertz CT molecular complexity index is 643. The van der Waals surface area contributed by atoms with E-state index in [-0.39, 0.29) is 22.6 Å². The summed E-state index contributed by atoms with van der Waals surface area (Å²) >= 11 is 0. The fourth-order valence-electron chi connectivity index (χ4n) is 1.64. The number of benzene rings is 1. The second-order valence-electron chi connectivity index (χ2n) is 5.61. The van der Waals surface area contributed by atoms with Gasteiger partial charge in [-0.1, -0.05) is 20.8 Å². The number of carbonyl (C=O) groups is 1. The molecule has 106 valence electrons. The van der Waals surface area contributed by atoms with Gasteiger partial charge < -0.3 is 11.1 Å².